The van der Waals surface area contributed by atoms with E-state index in [1.165, 1.54) is 11.8 Å². The summed E-state index contributed by atoms with van der Waals surface area (Å²) in [6, 6.07) is 9.81. The highest BCUT2D eigenvalue weighted by Crippen LogP contribution is 2.30. The summed E-state index contributed by atoms with van der Waals surface area (Å²) in [5.74, 6) is -0.838. The van der Waals surface area contributed by atoms with E-state index in [9.17, 15) is 4.79 Å². The minimum atomic E-state index is -0.838. The largest absolute Gasteiger partial charge is 0.478 e. The molecule has 1 N–H and O–H groups in total. The number of benzene rings is 1. The molecule has 0 fully saturated rings. The van der Waals surface area contributed by atoms with E-state index in [4.69, 9.17) is 5.11 Å². The molecule has 3 heteroatoms. The van der Waals surface area contributed by atoms with Gasteiger partial charge in [0.2, 0.25) is 0 Å². The van der Waals surface area contributed by atoms with E-state index in [0.29, 0.717) is 5.57 Å². The van der Waals surface area contributed by atoms with Crippen LogP contribution in [-0.4, -0.2) is 11.1 Å². The van der Waals surface area contributed by atoms with E-state index in [1.807, 2.05) is 37.3 Å². The van der Waals surface area contributed by atoms with Crippen LogP contribution in [0.5, 0.6) is 0 Å². The molecule has 0 amide bonds. The maximum Gasteiger partial charge on any atom is 0.332 e. The Morgan fingerprint density at radius 1 is 1.33 bits per heavy atom. The predicted molar refractivity (Wildman–Crippen MR) is 62.9 cm³/mol. The van der Waals surface area contributed by atoms with Crippen LogP contribution in [0.1, 0.15) is 20.3 Å². The van der Waals surface area contributed by atoms with Crippen molar-refractivity contribution in [2.45, 2.75) is 25.2 Å². The molecule has 1 rings (SSSR count). The molecule has 80 valence electrons. The van der Waals surface area contributed by atoms with Gasteiger partial charge in [-0.15, -0.1) is 0 Å². The highest BCUT2D eigenvalue weighted by Gasteiger charge is 2.08. The molecule has 0 atom stereocenters. The quantitative estimate of drug-likeness (QED) is 0.625. The zero-order valence-corrected chi connectivity index (χ0v) is 9.67. The number of carbonyl (C=O) groups is 1. The molecular weight excluding hydrogens is 208 g/mol. The fourth-order valence-corrected chi connectivity index (χ4v) is 2.13. The molecule has 0 saturated heterocycles. The van der Waals surface area contributed by atoms with Gasteiger partial charge in [0.05, 0.1) is 0 Å². The molecule has 0 aliphatic carbocycles. The lowest BCUT2D eigenvalue weighted by molar-refractivity contribution is -0.132. The van der Waals surface area contributed by atoms with Crippen molar-refractivity contribution in [1.82, 2.24) is 0 Å². The molecule has 0 unspecified atom stereocenters. The Balaban J connectivity index is 2.88. The lowest BCUT2D eigenvalue weighted by Crippen LogP contribution is -1.99. The zero-order chi connectivity index (χ0) is 11.3. The Hall–Kier alpha value is -1.22. The van der Waals surface area contributed by atoms with Crippen molar-refractivity contribution in [3.63, 3.8) is 0 Å². The zero-order valence-electron chi connectivity index (χ0n) is 8.86. The minimum Gasteiger partial charge on any atom is -0.478 e. The molecular formula is C12H14O2S. The lowest BCUT2D eigenvalue weighted by Gasteiger charge is -2.06. The molecule has 0 aliphatic rings. The smallest absolute Gasteiger partial charge is 0.332 e. The Bertz CT molecular complexity index is 368. The number of rotatable bonds is 4. The predicted octanol–water partition coefficient (Wildman–Crippen LogP) is 3.55. The van der Waals surface area contributed by atoms with Crippen LogP contribution in [0.3, 0.4) is 0 Å². The molecule has 1 aromatic carbocycles. The average Bonchev–Trinajstić information content (AvgIpc) is 2.26. The molecule has 1 aromatic rings. The second-order valence-corrected chi connectivity index (χ2v) is 4.29. The maximum absolute atomic E-state index is 10.8. The van der Waals surface area contributed by atoms with Crippen LogP contribution >= 0.6 is 11.8 Å². The minimum absolute atomic E-state index is 0.436. The second-order valence-electron chi connectivity index (χ2n) is 3.12. The van der Waals surface area contributed by atoms with Crippen molar-refractivity contribution in [2.75, 3.05) is 0 Å². The first kappa shape index (κ1) is 11.9. The van der Waals surface area contributed by atoms with Gasteiger partial charge in [0.25, 0.3) is 0 Å². The molecule has 0 heterocycles. The van der Waals surface area contributed by atoms with Crippen LogP contribution in [0.15, 0.2) is 45.7 Å². The van der Waals surface area contributed by atoms with Crippen molar-refractivity contribution in [3.8, 4) is 0 Å². The van der Waals surface area contributed by atoms with Gasteiger partial charge in [0.15, 0.2) is 0 Å². The van der Waals surface area contributed by atoms with E-state index in [1.54, 1.807) is 6.92 Å². The van der Waals surface area contributed by atoms with Gasteiger partial charge >= 0.3 is 5.97 Å². The summed E-state index contributed by atoms with van der Waals surface area (Å²) < 4.78 is 0. The number of carboxylic acid groups (broad SMARTS) is 1. The number of thioether (sulfide) groups is 1. The first-order valence-electron chi connectivity index (χ1n) is 4.81. The van der Waals surface area contributed by atoms with Gasteiger partial charge in [0, 0.05) is 10.5 Å². The average molecular weight is 222 g/mol. The topological polar surface area (TPSA) is 37.3 Å². The summed E-state index contributed by atoms with van der Waals surface area (Å²) in [4.78, 5) is 12.8. The van der Waals surface area contributed by atoms with Crippen molar-refractivity contribution < 1.29 is 9.90 Å². The third-order valence-electron chi connectivity index (χ3n) is 2.04. The summed E-state index contributed by atoms with van der Waals surface area (Å²) in [7, 11) is 0. The molecule has 0 aliphatic heterocycles. The van der Waals surface area contributed by atoms with E-state index in [2.05, 4.69) is 0 Å². The third-order valence-corrected chi connectivity index (χ3v) is 3.39. The molecule has 0 radical (unpaired) electrons. The number of hydrogen-bond donors (Lipinski definition) is 1. The molecule has 0 spiro atoms. The SMILES string of the molecule is CCC(Sc1ccccc1)=C(C)C(=O)O. The monoisotopic (exact) mass is 222 g/mol. The van der Waals surface area contributed by atoms with Crippen LogP contribution < -0.4 is 0 Å². The summed E-state index contributed by atoms with van der Waals surface area (Å²) in [6.45, 7) is 3.62. The molecule has 0 aromatic heterocycles. The van der Waals surface area contributed by atoms with Crippen LogP contribution in [0.4, 0.5) is 0 Å². The first-order valence-corrected chi connectivity index (χ1v) is 5.62. The highest BCUT2D eigenvalue weighted by molar-refractivity contribution is 8.03. The van der Waals surface area contributed by atoms with Gasteiger partial charge in [-0.1, -0.05) is 36.9 Å². The lowest BCUT2D eigenvalue weighted by atomic mass is 10.2. The van der Waals surface area contributed by atoms with Crippen LogP contribution in [-0.2, 0) is 4.79 Å². The Labute approximate surface area is 94.0 Å². The number of aliphatic carboxylic acids is 1. The molecule has 15 heavy (non-hydrogen) atoms. The van der Waals surface area contributed by atoms with E-state index in [-0.39, 0.29) is 0 Å². The van der Waals surface area contributed by atoms with Crippen LogP contribution in [0.25, 0.3) is 0 Å². The first-order chi connectivity index (χ1) is 7.15. The van der Waals surface area contributed by atoms with Gasteiger partial charge in [-0.3, -0.25) is 0 Å². The normalized spacial score (nSPS) is 12.1. The summed E-state index contributed by atoms with van der Waals surface area (Å²) in [5, 5.41) is 8.89. The van der Waals surface area contributed by atoms with Crippen LogP contribution in [0, 0.1) is 0 Å². The molecule has 0 bridgehead atoms. The van der Waals surface area contributed by atoms with E-state index in [0.717, 1.165) is 16.2 Å². The van der Waals surface area contributed by atoms with Crippen molar-refractivity contribution in [3.05, 3.63) is 40.8 Å². The van der Waals surface area contributed by atoms with Gasteiger partial charge in [-0.05, 0) is 30.4 Å². The number of carboxylic acids is 1. The molecule has 0 saturated carbocycles. The van der Waals surface area contributed by atoms with E-state index < -0.39 is 5.97 Å². The summed E-state index contributed by atoms with van der Waals surface area (Å²) in [6.07, 6.45) is 0.748. The summed E-state index contributed by atoms with van der Waals surface area (Å²) >= 11 is 1.52. The fraction of sp³-hybridized carbons (Fsp3) is 0.250. The van der Waals surface area contributed by atoms with Crippen molar-refractivity contribution in [2.24, 2.45) is 0 Å². The highest BCUT2D eigenvalue weighted by atomic mass is 32.2. The Morgan fingerprint density at radius 3 is 2.40 bits per heavy atom. The van der Waals surface area contributed by atoms with Crippen LogP contribution in [0.2, 0.25) is 0 Å². The standard InChI is InChI=1S/C12H14O2S/c1-3-11(9(2)12(13)14)15-10-7-5-4-6-8-10/h4-8H,3H2,1-2H3,(H,13,14). The third kappa shape index (κ3) is 3.44. The Kier molecular flexibility index (Phi) is 4.43. The van der Waals surface area contributed by atoms with Gasteiger partial charge in [-0.2, -0.15) is 0 Å². The fourth-order valence-electron chi connectivity index (χ4n) is 1.16. The van der Waals surface area contributed by atoms with Gasteiger partial charge in [0.1, 0.15) is 0 Å². The second kappa shape index (κ2) is 5.61. The van der Waals surface area contributed by atoms with Crippen molar-refractivity contribution >= 4 is 17.7 Å². The van der Waals surface area contributed by atoms with Gasteiger partial charge in [-0.25, -0.2) is 4.79 Å². The molecule has 2 nitrogen and oxygen atoms in total. The number of allylic oxidation sites excluding steroid dienone is 1. The van der Waals surface area contributed by atoms with E-state index >= 15 is 0 Å². The maximum atomic E-state index is 10.8. The number of hydrogen-bond acceptors (Lipinski definition) is 2. The Morgan fingerprint density at radius 2 is 1.93 bits per heavy atom. The summed E-state index contributed by atoms with van der Waals surface area (Å²) in [5.41, 5.74) is 0.436. The van der Waals surface area contributed by atoms with Crippen molar-refractivity contribution in [1.29, 1.82) is 0 Å². The van der Waals surface area contributed by atoms with Gasteiger partial charge < -0.3 is 5.11 Å².